The number of nitrogens with one attached hydrogen (secondary N) is 1. The Kier molecular flexibility index (Phi) is 4.95. The van der Waals surface area contributed by atoms with E-state index in [-0.39, 0.29) is 18.1 Å². The first-order valence-electron chi connectivity index (χ1n) is 7.95. The van der Waals surface area contributed by atoms with Crippen LogP contribution in [0.2, 0.25) is 5.02 Å². The molecule has 140 valence electrons. The van der Waals surface area contributed by atoms with E-state index in [1.165, 1.54) is 19.1 Å². The Morgan fingerprint density at radius 2 is 2.15 bits per heavy atom. The fraction of sp³-hybridized carbons (Fsp3) is 0.235. The second-order valence-electron chi connectivity index (χ2n) is 5.94. The standard InChI is InChI=1S/C17H15ClN4O5/c1-9-3-4-11(7-12(9)18)19-15(23)8-21-16-13(27-10(2)17(21)24)5-6-14(20-16)22(25)26/h3-7,10H,8H2,1-2H3,(H,19,23). The molecule has 9 nitrogen and oxygen atoms in total. The van der Waals surface area contributed by atoms with Gasteiger partial charge in [0, 0.05) is 16.8 Å². The largest absolute Gasteiger partial charge is 0.475 e. The molecule has 1 aromatic heterocycles. The molecule has 0 aliphatic carbocycles. The van der Waals surface area contributed by atoms with Gasteiger partial charge in [0.05, 0.1) is 0 Å². The molecule has 1 unspecified atom stereocenters. The Balaban J connectivity index is 1.85. The minimum absolute atomic E-state index is 0.0654. The molecule has 0 saturated carbocycles. The van der Waals surface area contributed by atoms with E-state index >= 15 is 0 Å². The highest BCUT2D eigenvalue weighted by Gasteiger charge is 2.37. The highest BCUT2D eigenvalue weighted by Crippen LogP contribution is 2.33. The van der Waals surface area contributed by atoms with Gasteiger partial charge in [0.1, 0.15) is 6.54 Å². The van der Waals surface area contributed by atoms with Crippen molar-refractivity contribution in [1.29, 1.82) is 0 Å². The molecule has 1 aliphatic rings. The zero-order valence-corrected chi connectivity index (χ0v) is 15.2. The van der Waals surface area contributed by atoms with Gasteiger partial charge in [-0.25, -0.2) is 0 Å². The molecule has 2 aromatic rings. The lowest BCUT2D eigenvalue weighted by molar-refractivity contribution is -0.389. The fourth-order valence-corrected chi connectivity index (χ4v) is 2.73. The number of fused-ring (bicyclic) bond motifs is 1. The average molecular weight is 391 g/mol. The Bertz CT molecular complexity index is 949. The van der Waals surface area contributed by atoms with Crippen LogP contribution >= 0.6 is 11.6 Å². The van der Waals surface area contributed by atoms with Gasteiger partial charge in [-0.3, -0.25) is 14.5 Å². The monoisotopic (exact) mass is 390 g/mol. The van der Waals surface area contributed by atoms with Crippen molar-refractivity contribution in [2.45, 2.75) is 20.0 Å². The number of amides is 2. The van der Waals surface area contributed by atoms with Crippen LogP contribution in [-0.2, 0) is 9.59 Å². The van der Waals surface area contributed by atoms with Crippen molar-refractivity contribution < 1.29 is 19.2 Å². The number of nitro groups is 1. The molecule has 0 spiro atoms. The van der Waals surface area contributed by atoms with Crippen molar-refractivity contribution in [3.63, 3.8) is 0 Å². The maximum Gasteiger partial charge on any atom is 0.366 e. The molecule has 27 heavy (non-hydrogen) atoms. The smallest absolute Gasteiger partial charge is 0.366 e. The molecular weight excluding hydrogens is 376 g/mol. The summed E-state index contributed by atoms with van der Waals surface area (Å²) in [7, 11) is 0. The van der Waals surface area contributed by atoms with Crippen LogP contribution in [0.4, 0.5) is 17.3 Å². The van der Waals surface area contributed by atoms with E-state index in [1.54, 1.807) is 18.2 Å². The number of carbonyl (C=O) groups is 2. The second-order valence-corrected chi connectivity index (χ2v) is 6.35. The van der Waals surface area contributed by atoms with Gasteiger partial charge in [-0.05, 0) is 47.5 Å². The summed E-state index contributed by atoms with van der Waals surface area (Å²) in [6, 6.07) is 7.55. The SMILES string of the molecule is Cc1ccc(NC(=O)CN2C(=O)C(C)Oc3ccc([N+](=O)[O-])nc32)cc1Cl. The zero-order chi connectivity index (χ0) is 19.7. The lowest BCUT2D eigenvalue weighted by Crippen LogP contribution is -2.48. The number of aryl methyl sites for hydroxylation is 1. The number of carbonyl (C=O) groups excluding carboxylic acids is 2. The van der Waals surface area contributed by atoms with Crippen LogP contribution in [0.5, 0.6) is 5.75 Å². The summed E-state index contributed by atoms with van der Waals surface area (Å²) in [4.78, 5) is 40.1. The molecule has 10 heteroatoms. The molecule has 0 bridgehead atoms. The van der Waals surface area contributed by atoms with Gasteiger partial charge in [-0.2, -0.15) is 0 Å². The van der Waals surface area contributed by atoms with Crippen molar-refractivity contribution in [1.82, 2.24) is 4.98 Å². The van der Waals surface area contributed by atoms with E-state index in [0.717, 1.165) is 10.5 Å². The summed E-state index contributed by atoms with van der Waals surface area (Å²) >= 11 is 6.04. The van der Waals surface area contributed by atoms with Gasteiger partial charge in [0.2, 0.25) is 5.91 Å². The van der Waals surface area contributed by atoms with Crippen molar-refractivity contribution in [3.8, 4) is 5.75 Å². The maximum absolute atomic E-state index is 12.4. The molecule has 3 rings (SSSR count). The highest BCUT2D eigenvalue weighted by molar-refractivity contribution is 6.31. The van der Waals surface area contributed by atoms with Gasteiger partial charge in [-0.15, -0.1) is 0 Å². The Morgan fingerprint density at radius 1 is 1.41 bits per heavy atom. The number of nitrogens with zero attached hydrogens (tertiary/aromatic N) is 3. The second kappa shape index (κ2) is 7.20. The quantitative estimate of drug-likeness (QED) is 0.634. The topological polar surface area (TPSA) is 115 Å². The molecular formula is C17H15ClN4O5. The van der Waals surface area contributed by atoms with E-state index in [4.69, 9.17) is 16.3 Å². The average Bonchev–Trinajstić information content (AvgIpc) is 2.61. The van der Waals surface area contributed by atoms with Gasteiger partial charge >= 0.3 is 5.82 Å². The molecule has 0 radical (unpaired) electrons. The molecule has 0 saturated heterocycles. The van der Waals surface area contributed by atoms with E-state index < -0.39 is 28.7 Å². The number of aromatic nitrogens is 1. The summed E-state index contributed by atoms with van der Waals surface area (Å²) in [5, 5.41) is 14.1. The number of hydrogen-bond donors (Lipinski definition) is 1. The normalized spacial score (nSPS) is 15.7. The minimum atomic E-state index is -0.845. The Morgan fingerprint density at radius 3 is 2.81 bits per heavy atom. The van der Waals surface area contributed by atoms with E-state index in [1.807, 2.05) is 6.92 Å². The summed E-state index contributed by atoms with van der Waals surface area (Å²) in [6.07, 6.45) is -0.845. The number of ether oxygens (including phenoxy) is 1. The molecule has 2 heterocycles. The molecule has 0 fully saturated rings. The van der Waals surface area contributed by atoms with Crippen molar-refractivity contribution in [2.75, 3.05) is 16.8 Å². The van der Waals surface area contributed by atoms with Crippen LogP contribution in [-0.4, -0.2) is 34.4 Å². The first kappa shape index (κ1) is 18.6. The number of anilines is 2. The van der Waals surface area contributed by atoms with E-state index in [9.17, 15) is 19.7 Å². The number of benzene rings is 1. The summed E-state index contributed by atoms with van der Waals surface area (Å²) in [5.74, 6) is -1.34. The number of pyridine rings is 1. The molecule has 1 N–H and O–H groups in total. The molecule has 1 aliphatic heterocycles. The van der Waals surface area contributed by atoms with Crippen molar-refractivity contribution in [2.24, 2.45) is 0 Å². The number of rotatable bonds is 4. The van der Waals surface area contributed by atoms with E-state index in [0.29, 0.717) is 10.7 Å². The first-order valence-corrected chi connectivity index (χ1v) is 8.33. The molecule has 2 amide bonds. The van der Waals surface area contributed by atoms with Crippen molar-refractivity contribution >= 4 is 40.7 Å². The van der Waals surface area contributed by atoms with Crippen LogP contribution in [0.1, 0.15) is 12.5 Å². The van der Waals surface area contributed by atoms with Gasteiger partial charge < -0.3 is 20.2 Å². The van der Waals surface area contributed by atoms with Crippen molar-refractivity contribution in [3.05, 3.63) is 51.0 Å². The van der Waals surface area contributed by atoms with Crippen LogP contribution in [0.15, 0.2) is 30.3 Å². The maximum atomic E-state index is 12.4. The lowest BCUT2D eigenvalue weighted by atomic mass is 10.2. The highest BCUT2D eigenvalue weighted by atomic mass is 35.5. The minimum Gasteiger partial charge on any atom is -0.475 e. The van der Waals surface area contributed by atoms with E-state index in [2.05, 4.69) is 10.3 Å². The third-order valence-electron chi connectivity index (χ3n) is 3.94. The Hall–Kier alpha value is -3.20. The summed E-state index contributed by atoms with van der Waals surface area (Å²) in [5.41, 5.74) is 1.33. The van der Waals surface area contributed by atoms with Crippen LogP contribution < -0.4 is 15.0 Å². The van der Waals surface area contributed by atoms with Crippen LogP contribution in [0.3, 0.4) is 0 Å². The predicted molar refractivity (Wildman–Crippen MR) is 98.2 cm³/mol. The van der Waals surface area contributed by atoms with Gasteiger partial charge in [-0.1, -0.05) is 17.7 Å². The number of halogens is 1. The van der Waals surface area contributed by atoms with Gasteiger partial charge in [0.15, 0.2) is 11.9 Å². The summed E-state index contributed by atoms with van der Waals surface area (Å²) in [6.45, 7) is 2.98. The third kappa shape index (κ3) is 3.82. The number of hydrogen-bond acceptors (Lipinski definition) is 6. The molecule has 1 atom stereocenters. The van der Waals surface area contributed by atoms with Crippen LogP contribution in [0.25, 0.3) is 0 Å². The predicted octanol–water partition coefficient (Wildman–Crippen LogP) is 2.70. The Labute approximate surface area is 159 Å². The third-order valence-corrected chi connectivity index (χ3v) is 4.35. The molecule has 1 aromatic carbocycles. The fourth-order valence-electron chi connectivity index (χ4n) is 2.54. The lowest BCUT2D eigenvalue weighted by Gasteiger charge is -2.28. The zero-order valence-electron chi connectivity index (χ0n) is 14.4. The van der Waals surface area contributed by atoms with Crippen LogP contribution in [0, 0.1) is 17.0 Å². The summed E-state index contributed by atoms with van der Waals surface area (Å²) < 4.78 is 5.41. The first-order chi connectivity index (χ1) is 12.8. The van der Waals surface area contributed by atoms with Gasteiger partial charge in [0.25, 0.3) is 11.7 Å².